The summed E-state index contributed by atoms with van der Waals surface area (Å²) >= 11 is 6.94. The average Bonchev–Trinajstić information content (AvgIpc) is 2.85. The van der Waals surface area contributed by atoms with Gasteiger partial charge in [-0.1, -0.05) is 117 Å². The van der Waals surface area contributed by atoms with Gasteiger partial charge in [-0.2, -0.15) is 0 Å². The van der Waals surface area contributed by atoms with Crippen LogP contribution < -0.4 is 0 Å². The van der Waals surface area contributed by atoms with Crippen molar-refractivity contribution in [1.82, 2.24) is 0 Å². The van der Waals surface area contributed by atoms with Crippen LogP contribution in [0.4, 0.5) is 0 Å². The zero-order valence-electron chi connectivity index (χ0n) is 18.0. The number of aryl methyl sites for hydroxylation is 2. The SMILES string of the molecule is O=S(=O)(c1ccccc1-c1ccc(CCBr)cc1)c1ccccc1-c1ccc(CCBr)cc1. The van der Waals surface area contributed by atoms with Crippen LogP contribution in [-0.4, -0.2) is 19.1 Å². The predicted octanol–water partition coefficient (Wildman–Crippen LogP) is 7.73. The van der Waals surface area contributed by atoms with Crippen molar-refractivity contribution in [3.05, 3.63) is 108 Å². The third-order valence-corrected chi connectivity index (χ3v) is 8.31. The molecule has 4 aromatic carbocycles. The number of rotatable bonds is 8. The van der Waals surface area contributed by atoms with E-state index in [1.54, 1.807) is 24.3 Å². The topological polar surface area (TPSA) is 34.1 Å². The molecule has 168 valence electrons. The van der Waals surface area contributed by atoms with Gasteiger partial charge < -0.3 is 0 Å². The van der Waals surface area contributed by atoms with Crippen molar-refractivity contribution in [2.24, 2.45) is 0 Å². The lowest BCUT2D eigenvalue weighted by Gasteiger charge is -2.15. The largest absolute Gasteiger partial charge is 0.218 e. The van der Waals surface area contributed by atoms with Crippen LogP contribution in [0.2, 0.25) is 0 Å². The van der Waals surface area contributed by atoms with E-state index in [2.05, 4.69) is 56.1 Å². The second kappa shape index (κ2) is 10.8. The van der Waals surface area contributed by atoms with Crippen molar-refractivity contribution in [1.29, 1.82) is 0 Å². The minimum atomic E-state index is -3.75. The van der Waals surface area contributed by atoms with E-state index >= 15 is 0 Å². The number of hydrogen-bond acceptors (Lipinski definition) is 2. The van der Waals surface area contributed by atoms with Crippen LogP contribution in [0, 0.1) is 0 Å². The van der Waals surface area contributed by atoms with Crippen LogP contribution in [0.1, 0.15) is 11.1 Å². The van der Waals surface area contributed by atoms with Crippen molar-refractivity contribution < 1.29 is 8.42 Å². The van der Waals surface area contributed by atoms with Gasteiger partial charge in [-0.3, -0.25) is 0 Å². The van der Waals surface area contributed by atoms with E-state index in [-0.39, 0.29) is 0 Å². The first-order valence-electron chi connectivity index (χ1n) is 10.8. The highest BCUT2D eigenvalue weighted by atomic mass is 79.9. The van der Waals surface area contributed by atoms with Gasteiger partial charge in [-0.15, -0.1) is 0 Å². The first kappa shape index (κ1) is 23.9. The lowest BCUT2D eigenvalue weighted by Crippen LogP contribution is -2.06. The number of halogens is 2. The highest BCUT2D eigenvalue weighted by Crippen LogP contribution is 2.36. The Hall–Kier alpha value is -2.21. The van der Waals surface area contributed by atoms with Gasteiger partial charge in [0.25, 0.3) is 0 Å². The maximum Gasteiger partial charge on any atom is 0.207 e. The van der Waals surface area contributed by atoms with Gasteiger partial charge in [0.1, 0.15) is 0 Å². The Labute approximate surface area is 212 Å². The summed E-state index contributed by atoms with van der Waals surface area (Å²) in [7, 11) is -3.75. The van der Waals surface area contributed by atoms with E-state index in [1.165, 1.54) is 11.1 Å². The Morgan fingerprint density at radius 1 is 0.515 bits per heavy atom. The number of sulfone groups is 1. The summed E-state index contributed by atoms with van der Waals surface area (Å²) in [5, 5.41) is 1.79. The van der Waals surface area contributed by atoms with E-state index < -0.39 is 9.84 Å². The summed E-state index contributed by atoms with van der Waals surface area (Å²) in [6, 6.07) is 30.7. The van der Waals surface area contributed by atoms with E-state index in [0.717, 1.165) is 34.6 Å². The van der Waals surface area contributed by atoms with Gasteiger partial charge in [0, 0.05) is 21.8 Å². The molecule has 2 nitrogen and oxygen atoms in total. The van der Waals surface area contributed by atoms with Crippen molar-refractivity contribution in [3.63, 3.8) is 0 Å². The van der Waals surface area contributed by atoms with Crippen LogP contribution in [0.15, 0.2) is 107 Å². The third-order valence-electron chi connectivity index (χ3n) is 5.65. The van der Waals surface area contributed by atoms with E-state index in [1.807, 2.05) is 48.5 Å². The van der Waals surface area contributed by atoms with Gasteiger partial charge >= 0.3 is 0 Å². The molecule has 0 aliphatic rings. The van der Waals surface area contributed by atoms with Crippen molar-refractivity contribution in [3.8, 4) is 22.3 Å². The average molecular weight is 584 g/mol. The molecule has 0 aliphatic heterocycles. The lowest BCUT2D eigenvalue weighted by atomic mass is 10.0. The zero-order chi connectivity index (χ0) is 23.3. The molecule has 0 fully saturated rings. The normalized spacial score (nSPS) is 11.5. The summed E-state index contributed by atoms with van der Waals surface area (Å²) in [5.41, 5.74) is 5.64. The van der Waals surface area contributed by atoms with E-state index in [4.69, 9.17) is 0 Å². The van der Waals surface area contributed by atoms with Gasteiger partial charge in [0.2, 0.25) is 9.84 Å². The number of benzene rings is 4. The monoisotopic (exact) mass is 582 g/mol. The molecule has 0 radical (unpaired) electrons. The Morgan fingerprint density at radius 3 is 1.24 bits per heavy atom. The van der Waals surface area contributed by atoms with Gasteiger partial charge in [0.05, 0.1) is 9.79 Å². The maximum absolute atomic E-state index is 13.9. The van der Waals surface area contributed by atoms with Crippen LogP contribution in [-0.2, 0) is 22.7 Å². The molecule has 0 bridgehead atoms. The van der Waals surface area contributed by atoms with Gasteiger partial charge in [-0.25, -0.2) is 8.42 Å². The van der Waals surface area contributed by atoms with Crippen molar-refractivity contribution in [2.45, 2.75) is 22.6 Å². The Balaban J connectivity index is 1.79. The van der Waals surface area contributed by atoms with Crippen LogP contribution in [0.25, 0.3) is 22.3 Å². The molecule has 0 amide bonds. The molecule has 0 saturated heterocycles. The smallest absolute Gasteiger partial charge is 0.207 e. The summed E-state index contributed by atoms with van der Waals surface area (Å²) in [5.74, 6) is 0. The van der Waals surface area contributed by atoms with Crippen LogP contribution >= 0.6 is 31.9 Å². The molecular weight excluding hydrogens is 560 g/mol. The fourth-order valence-corrected chi connectivity index (χ4v) is 6.54. The van der Waals surface area contributed by atoms with Crippen LogP contribution in [0.3, 0.4) is 0 Å². The van der Waals surface area contributed by atoms with E-state index in [0.29, 0.717) is 20.9 Å². The molecule has 4 rings (SSSR count). The Morgan fingerprint density at radius 2 is 0.879 bits per heavy atom. The van der Waals surface area contributed by atoms with Gasteiger partial charge in [0.15, 0.2) is 0 Å². The summed E-state index contributed by atoms with van der Waals surface area (Å²) < 4.78 is 27.9. The van der Waals surface area contributed by atoms with Crippen molar-refractivity contribution in [2.75, 3.05) is 10.7 Å². The molecule has 5 heteroatoms. The fourth-order valence-electron chi connectivity index (χ4n) is 3.92. The second-order valence-corrected chi connectivity index (χ2v) is 11.2. The molecule has 0 unspecified atom stereocenters. The molecule has 0 aromatic heterocycles. The molecular formula is C28H24Br2O2S. The molecule has 0 spiro atoms. The molecule has 4 aromatic rings. The summed E-state index contributed by atoms with van der Waals surface area (Å²) in [6.45, 7) is 0. The number of hydrogen-bond donors (Lipinski definition) is 0. The standard InChI is InChI=1S/C28H24Br2O2S/c29-19-17-21-9-13-23(14-10-21)25-5-1-3-7-27(25)33(31,32)28-8-4-2-6-26(28)24-15-11-22(12-16-24)18-20-30/h1-16H,17-20H2. The first-order chi connectivity index (χ1) is 16.0. The third kappa shape index (κ3) is 5.32. The predicted molar refractivity (Wildman–Crippen MR) is 144 cm³/mol. The summed E-state index contributed by atoms with van der Waals surface area (Å²) in [6.07, 6.45) is 1.87. The number of alkyl halides is 2. The quantitative estimate of drug-likeness (QED) is 0.199. The fraction of sp³-hybridized carbons (Fsp3) is 0.143. The second-order valence-electron chi connectivity index (χ2n) is 7.77. The lowest BCUT2D eigenvalue weighted by molar-refractivity contribution is 0.596. The van der Waals surface area contributed by atoms with E-state index in [9.17, 15) is 8.42 Å². The molecule has 0 aliphatic carbocycles. The first-order valence-corrected chi connectivity index (χ1v) is 14.5. The highest BCUT2D eigenvalue weighted by Gasteiger charge is 2.25. The molecule has 0 N–H and O–H groups in total. The Bertz CT molecular complexity index is 1230. The van der Waals surface area contributed by atoms with Gasteiger partial charge in [-0.05, 0) is 47.2 Å². The van der Waals surface area contributed by atoms with Crippen molar-refractivity contribution >= 4 is 41.7 Å². The molecule has 0 saturated carbocycles. The molecule has 0 heterocycles. The summed E-state index contributed by atoms with van der Waals surface area (Å²) in [4.78, 5) is 0.642. The Kier molecular flexibility index (Phi) is 7.84. The maximum atomic E-state index is 13.9. The minimum Gasteiger partial charge on any atom is -0.218 e. The molecule has 0 atom stereocenters. The van der Waals surface area contributed by atoms with Crippen LogP contribution in [0.5, 0.6) is 0 Å². The highest BCUT2D eigenvalue weighted by molar-refractivity contribution is 9.09. The zero-order valence-corrected chi connectivity index (χ0v) is 22.0. The minimum absolute atomic E-state index is 0.321. The molecule has 33 heavy (non-hydrogen) atoms.